The van der Waals surface area contributed by atoms with Crippen LogP contribution in [0.3, 0.4) is 0 Å². The predicted molar refractivity (Wildman–Crippen MR) is 97.1 cm³/mol. The Kier molecular flexibility index (Phi) is 5.35. The van der Waals surface area contributed by atoms with Crippen LogP contribution in [0.2, 0.25) is 0 Å². The minimum atomic E-state index is -0.0810. The zero-order chi connectivity index (χ0) is 18.0. The average Bonchev–Trinajstić information content (AvgIpc) is 3.09. The van der Waals surface area contributed by atoms with E-state index in [4.69, 9.17) is 0 Å². The van der Waals surface area contributed by atoms with Gasteiger partial charge in [-0.2, -0.15) is 0 Å². The number of carbonyl (C=O) groups excluding carboxylic acids is 2. The highest BCUT2D eigenvalue weighted by atomic mass is 16.2. The molecule has 1 aromatic rings. The van der Waals surface area contributed by atoms with E-state index in [1.54, 1.807) is 0 Å². The van der Waals surface area contributed by atoms with Crippen molar-refractivity contribution in [3.05, 3.63) is 24.0 Å². The van der Waals surface area contributed by atoms with E-state index in [1.165, 1.54) is 5.69 Å². The number of urea groups is 1. The molecule has 2 aliphatic rings. The zero-order valence-electron chi connectivity index (χ0n) is 15.6. The highest BCUT2D eigenvalue weighted by Crippen LogP contribution is 2.29. The van der Waals surface area contributed by atoms with Crippen LogP contribution in [-0.2, 0) is 11.3 Å². The molecule has 0 unspecified atom stereocenters. The summed E-state index contributed by atoms with van der Waals surface area (Å²) in [5, 5.41) is 2.97. The van der Waals surface area contributed by atoms with Gasteiger partial charge in [0.05, 0.1) is 12.0 Å². The van der Waals surface area contributed by atoms with Crippen LogP contribution in [0.1, 0.15) is 45.3 Å². The molecule has 6 heteroatoms. The van der Waals surface area contributed by atoms with Crippen molar-refractivity contribution >= 4 is 11.9 Å². The lowest BCUT2D eigenvalue weighted by Gasteiger charge is -2.39. The lowest BCUT2D eigenvalue weighted by Crippen LogP contribution is -2.51. The summed E-state index contributed by atoms with van der Waals surface area (Å²) in [4.78, 5) is 29.2. The fraction of sp³-hybridized carbons (Fsp3) is 0.684. The fourth-order valence-electron chi connectivity index (χ4n) is 3.88. The SMILES string of the molecule is CC(C)CNC(=O)N1CCC[C@H](C(=O)N2CCn3cccc3[C@H]2C)C1. The van der Waals surface area contributed by atoms with Gasteiger partial charge in [0.25, 0.3) is 0 Å². The molecule has 2 aliphatic heterocycles. The Hall–Kier alpha value is -1.98. The quantitative estimate of drug-likeness (QED) is 0.914. The number of hydrogen-bond acceptors (Lipinski definition) is 2. The molecular weight excluding hydrogens is 316 g/mol. The number of fused-ring (bicyclic) bond motifs is 1. The van der Waals surface area contributed by atoms with E-state index in [-0.39, 0.29) is 23.9 Å². The van der Waals surface area contributed by atoms with E-state index in [0.717, 1.165) is 32.5 Å². The van der Waals surface area contributed by atoms with Gasteiger partial charge in [-0.25, -0.2) is 4.79 Å². The van der Waals surface area contributed by atoms with Crippen LogP contribution in [0.15, 0.2) is 18.3 Å². The molecule has 0 aliphatic carbocycles. The minimum absolute atomic E-state index is 0.0354. The van der Waals surface area contributed by atoms with Crippen LogP contribution in [-0.4, -0.2) is 52.5 Å². The van der Waals surface area contributed by atoms with E-state index in [0.29, 0.717) is 19.0 Å². The number of amides is 3. The first-order valence-electron chi connectivity index (χ1n) is 9.45. The molecule has 0 radical (unpaired) electrons. The standard InChI is InChI=1S/C19H30N4O2/c1-14(2)12-20-19(25)22-9-4-6-16(13-22)18(24)23-11-10-21-8-5-7-17(21)15(23)3/h5,7-8,14-16H,4,6,9-13H2,1-3H3,(H,20,25)/t15-,16+/m1/s1. The van der Waals surface area contributed by atoms with Crippen molar-refractivity contribution in [2.24, 2.45) is 11.8 Å². The fourth-order valence-corrected chi connectivity index (χ4v) is 3.88. The number of hydrogen-bond donors (Lipinski definition) is 1. The van der Waals surface area contributed by atoms with Crippen LogP contribution >= 0.6 is 0 Å². The largest absolute Gasteiger partial charge is 0.348 e. The van der Waals surface area contributed by atoms with Crippen LogP contribution in [0.25, 0.3) is 0 Å². The molecule has 0 aromatic carbocycles. The monoisotopic (exact) mass is 346 g/mol. The van der Waals surface area contributed by atoms with Crippen molar-refractivity contribution in [2.45, 2.75) is 46.2 Å². The van der Waals surface area contributed by atoms with E-state index < -0.39 is 0 Å². The number of nitrogens with zero attached hydrogens (tertiary/aromatic N) is 3. The summed E-state index contributed by atoms with van der Waals surface area (Å²) >= 11 is 0. The molecule has 1 saturated heterocycles. The number of piperidine rings is 1. The Morgan fingerprint density at radius 3 is 2.84 bits per heavy atom. The highest BCUT2D eigenvalue weighted by molar-refractivity contribution is 5.81. The molecular formula is C19H30N4O2. The topological polar surface area (TPSA) is 57.6 Å². The van der Waals surface area contributed by atoms with E-state index in [9.17, 15) is 9.59 Å². The smallest absolute Gasteiger partial charge is 0.317 e. The summed E-state index contributed by atoms with van der Waals surface area (Å²) in [6.07, 6.45) is 3.84. The van der Waals surface area contributed by atoms with E-state index >= 15 is 0 Å². The molecule has 3 rings (SSSR count). The first-order valence-corrected chi connectivity index (χ1v) is 9.45. The van der Waals surface area contributed by atoms with Crippen molar-refractivity contribution < 1.29 is 9.59 Å². The lowest BCUT2D eigenvalue weighted by molar-refractivity contribution is -0.140. The van der Waals surface area contributed by atoms with Gasteiger partial charge in [-0.15, -0.1) is 0 Å². The maximum Gasteiger partial charge on any atom is 0.317 e. The first-order chi connectivity index (χ1) is 12.0. The van der Waals surface area contributed by atoms with Crippen LogP contribution in [0.4, 0.5) is 4.79 Å². The van der Waals surface area contributed by atoms with Crippen molar-refractivity contribution in [1.82, 2.24) is 19.7 Å². The van der Waals surface area contributed by atoms with Gasteiger partial charge in [0, 0.05) is 44.6 Å². The third kappa shape index (κ3) is 3.83. The number of nitrogens with one attached hydrogen (secondary N) is 1. The molecule has 25 heavy (non-hydrogen) atoms. The van der Waals surface area contributed by atoms with Crippen molar-refractivity contribution in [3.63, 3.8) is 0 Å². The molecule has 138 valence electrons. The molecule has 0 bridgehead atoms. The van der Waals surface area contributed by atoms with Gasteiger partial charge >= 0.3 is 6.03 Å². The Balaban J connectivity index is 1.61. The summed E-state index contributed by atoms with van der Waals surface area (Å²) in [5.74, 6) is 0.542. The second kappa shape index (κ2) is 7.50. The van der Waals surface area contributed by atoms with Crippen molar-refractivity contribution in [1.29, 1.82) is 0 Å². The molecule has 0 saturated carbocycles. The number of aromatic nitrogens is 1. The Labute approximate surface area is 150 Å². The summed E-state index contributed by atoms with van der Waals surface area (Å²) in [7, 11) is 0. The van der Waals surface area contributed by atoms with Crippen LogP contribution < -0.4 is 5.32 Å². The van der Waals surface area contributed by atoms with Gasteiger partial charge in [0.2, 0.25) is 5.91 Å². The van der Waals surface area contributed by atoms with E-state index in [2.05, 4.69) is 42.9 Å². The van der Waals surface area contributed by atoms with Gasteiger partial charge in [-0.3, -0.25) is 4.79 Å². The van der Waals surface area contributed by atoms with Crippen LogP contribution in [0, 0.1) is 11.8 Å². The minimum Gasteiger partial charge on any atom is -0.348 e. The van der Waals surface area contributed by atoms with Gasteiger partial charge in [-0.05, 0) is 37.8 Å². The second-order valence-electron chi connectivity index (χ2n) is 7.70. The van der Waals surface area contributed by atoms with Gasteiger partial charge < -0.3 is 19.7 Å². The number of likely N-dealkylation sites (tertiary alicyclic amines) is 1. The predicted octanol–water partition coefficient (Wildman–Crippen LogP) is 2.47. The highest BCUT2D eigenvalue weighted by Gasteiger charge is 2.35. The van der Waals surface area contributed by atoms with Gasteiger partial charge in [0.1, 0.15) is 0 Å². The molecule has 3 heterocycles. The molecule has 0 spiro atoms. The van der Waals surface area contributed by atoms with Gasteiger partial charge in [0.15, 0.2) is 0 Å². The molecule has 1 N–H and O–H groups in total. The van der Waals surface area contributed by atoms with Crippen molar-refractivity contribution in [2.75, 3.05) is 26.2 Å². The number of rotatable bonds is 3. The Morgan fingerprint density at radius 1 is 1.28 bits per heavy atom. The summed E-state index contributed by atoms with van der Waals surface area (Å²) in [6.45, 7) is 9.81. The molecule has 2 atom stereocenters. The van der Waals surface area contributed by atoms with E-state index in [1.807, 2.05) is 15.9 Å². The van der Waals surface area contributed by atoms with Crippen molar-refractivity contribution in [3.8, 4) is 0 Å². The summed E-state index contributed by atoms with van der Waals surface area (Å²) in [5.41, 5.74) is 1.20. The third-order valence-electron chi connectivity index (χ3n) is 5.34. The molecule has 6 nitrogen and oxygen atoms in total. The Morgan fingerprint density at radius 2 is 2.08 bits per heavy atom. The maximum atomic E-state index is 13.1. The molecule has 3 amide bonds. The molecule has 1 aromatic heterocycles. The summed E-state index contributed by atoms with van der Waals surface area (Å²) in [6, 6.07) is 4.20. The van der Waals surface area contributed by atoms with Crippen LogP contribution in [0.5, 0.6) is 0 Å². The molecule has 1 fully saturated rings. The maximum absolute atomic E-state index is 13.1. The normalized spacial score (nSPS) is 23.5. The first kappa shape index (κ1) is 17.8. The number of carbonyl (C=O) groups is 2. The lowest BCUT2D eigenvalue weighted by atomic mass is 9.95. The average molecular weight is 346 g/mol. The second-order valence-corrected chi connectivity index (χ2v) is 7.70. The Bertz CT molecular complexity index is 625. The van der Waals surface area contributed by atoms with Gasteiger partial charge in [-0.1, -0.05) is 13.8 Å². The third-order valence-corrected chi connectivity index (χ3v) is 5.34. The zero-order valence-corrected chi connectivity index (χ0v) is 15.6. The summed E-state index contributed by atoms with van der Waals surface area (Å²) < 4.78 is 2.22.